The summed E-state index contributed by atoms with van der Waals surface area (Å²) in [6, 6.07) is 51.7. The number of hydrogen-bond acceptors (Lipinski definition) is 6. The third-order valence-corrected chi connectivity index (χ3v) is 22.4. The molecule has 0 aliphatic rings. The lowest BCUT2D eigenvalue weighted by atomic mass is 10.1. The number of pyridine rings is 12. The molecule has 0 amide bonds. The summed E-state index contributed by atoms with van der Waals surface area (Å²) in [5.41, 5.74) is 14.7. The van der Waals surface area contributed by atoms with Crippen molar-refractivity contribution in [1.29, 1.82) is 0 Å². The van der Waals surface area contributed by atoms with Gasteiger partial charge in [-0.1, -0.05) is 233 Å². The largest absolute Gasteiger partial charge is 1.00 e. The van der Waals surface area contributed by atoms with Crippen molar-refractivity contribution in [1.82, 2.24) is 0 Å². The summed E-state index contributed by atoms with van der Waals surface area (Å²) in [7, 11) is 6.09. The average Bonchev–Trinajstić information content (AvgIpc) is 0.858. The zero-order chi connectivity index (χ0) is 90.2. The minimum absolute atomic E-state index is 0. The van der Waals surface area contributed by atoms with Crippen LogP contribution in [0.3, 0.4) is 0 Å². The molecule has 12 aromatic rings. The highest BCUT2D eigenvalue weighted by atomic mass is 79.9. The Morgan fingerprint density at radius 3 is 0.583 bits per heavy atom. The summed E-state index contributed by atoms with van der Waals surface area (Å²) in [5, 5.41) is 17.9. The molecule has 0 aliphatic carbocycles. The van der Waals surface area contributed by atoms with Gasteiger partial charge in [-0.15, -0.1) is 13.2 Å². The Morgan fingerprint density at radius 1 is 0.201 bits per heavy atom. The Bertz CT molecular complexity index is 4590. The smallest absolute Gasteiger partial charge is 0.252 e. The first-order valence-electron chi connectivity index (χ1n) is 47.1. The van der Waals surface area contributed by atoms with Gasteiger partial charge in [0.2, 0.25) is 13.1 Å². The molecule has 0 aliphatic heterocycles. The highest BCUT2D eigenvalue weighted by molar-refractivity contribution is 5.64. The van der Waals surface area contributed by atoms with Gasteiger partial charge in [-0.25, -0.2) is 36.5 Å². The standard InChI is InChI=1S/C37H64N2O2.C28H34N4O2.C27H32N4O.C14H18N2.C2H4.CH2O.13CH4.2BrH.2ClH/c1-3-5-7-9-11-13-15-17-19-21-32-40-34-31-38-27-23-36(24-28-38)37-25-29-39(30-26-37)35-41-33-22-20-18-16-14-12-10-8-6-4-2;33-23-1-11-29-13-3-25(4-14-29)27-7-17-31(18-8-27)21-22-32-19-9-28(10-20-32)26-5-15-30(16-6-26)12-2-24-34;1-28-14-5-24(6-15-28)26-9-18-30(19-10-26)13-3-4-22-32-23-31-20-11-27(12-21-31)25-7-16-29(2)17-8-25;1-3-8-16-11-6-14(7-12-16)13-4-9-15(2)10-5-13;2*1-2;;;;;;;;;;;;;;;;;/h23-30H,3-22,31-35H2,1-2H3;3-10,13-20,33-34H,1-2,11-12,21-24H2;5-12,14-21H,3-4,13,22-23H2,1-2H3;4-7,9-12H,3,8H2,1-2H3;1-2H2;1H2;13*1H4;4*1H/q+2;2*+4;+2;;;;;;;;;;;;;;;;;;;/p-4. The molecular weight excluding hydrogens is 1960 g/mol. The predicted molar refractivity (Wildman–Crippen MR) is 592 cm³/mol. The molecule has 0 atom stereocenters. The lowest BCUT2D eigenvalue weighted by Gasteiger charge is -2.05. The summed E-state index contributed by atoms with van der Waals surface area (Å²) in [6.45, 7) is 26.2. The van der Waals surface area contributed by atoms with Crippen LogP contribution < -0.4 is 114 Å². The van der Waals surface area contributed by atoms with Crippen molar-refractivity contribution in [2.24, 2.45) is 21.1 Å². The first-order valence-corrected chi connectivity index (χ1v) is 47.1. The third-order valence-electron chi connectivity index (χ3n) is 22.4. The van der Waals surface area contributed by atoms with Crippen LogP contribution in [0.1, 0.15) is 278 Å². The molecule has 2 N–H and O–H groups in total. The summed E-state index contributed by atoms with van der Waals surface area (Å²) >= 11 is 0. The molecular formula is C122H206Br2Cl2N12O6+8. The quantitative estimate of drug-likeness (QED) is 0.0222. The van der Waals surface area contributed by atoms with Gasteiger partial charge in [0.15, 0.2) is 168 Å². The van der Waals surface area contributed by atoms with E-state index in [1.807, 2.05) is 41.6 Å². The monoisotopic (exact) mass is 2160 g/mol. The maximum absolute atomic E-state index is 8.97. The maximum Gasteiger partial charge on any atom is 0.252 e. The number of ether oxygens (including phenoxy) is 3. The zero-order valence-corrected chi connectivity index (χ0v) is 84.2. The highest BCUT2D eigenvalue weighted by Crippen LogP contribution is 2.22. The van der Waals surface area contributed by atoms with Gasteiger partial charge in [-0.3, -0.25) is 0 Å². The lowest BCUT2D eigenvalue weighted by molar-refractivity contribution is -0.778. The summed E-state index contributed by atoms with van der Waals surface area (Å²) < 4.78 is 43.2. The Balaban J connectivity index is -0.000000178. The topological polar surface area (TPSA) is 132 Å². The van der Waals surface area contributed by atoms with Crippen LogP contribution >= 0.6 is 0 Å². The molecule has 144 heavy (non-hydrogen) atoms. The molecule has 0 spiro atoms. The van der Waals surface area contributed by atoms with Gasteiger partial charge in [-0.2, -0.15) is 18.3 Å². The van der Waals surface area contributed by atoms with Crippen LogP contribution in [0.5, 0.6) is 0 Å². The first-order chi connectivity index (χ1) is 62.5. The number of aromatic nitrogens is 12. The second-order valence-corrected chi connectivity index (χ2v) is 32.6. The molecule has 0 radical (unpaired) electrons. The van der Waals surface area contributed by atoms with E-state index in [9.17, 15) is 0 Å². The van der Waals surface area contributed by atoms with Crippen molar-refractivity contribution in [3.05, 3.63) is 307 Å². The van der Waals surface area contributed by atoms with Gasteiger partial charge in [-0.05, 0) is 86.0 Å². The second kappa shape index (κ2) is 99.5. The van der Waals surface area contributed by atoms with Crippen LogP contribution in [-0.4, -0.2) is 56.6 Å². The molecule has 12 rings (SSSR count). The number of unbranched alkanes of at least 4 members (excludes halogenated alkanes) is 19. The Morgan fingerprint density at radius 2 is 0.368 bits per heavy atom. The number of rotatable bonds is 51. The number of aliphatic hydroxyl groups excluding tert-OH is 2. The highest BCUT2D eigenvalue weighted by Gasteiger charge is 2.15. The third kappa shape index (κ3) is 64.5. The van der Waals surface area contributed by atoms with Crippen molar-refractivity contribution in [2.45, 2.75) is 337 Å². The number of carbonyl (C=O) groups excluding carboxylic acids is 1. The number of carbonyl (C=O) groups is 1. The Kier molecular flexibility index (Phi) is 109. The minimum atomic E-state index is 0. The predicted octanol–water partition coefficient (Wildman–Crippen LogP) is 12.9. The maximum atomic E-state index is 8.97. The van der Waals surface area contributed by atoms with Gasteiger partial charge < -0.3 is 88.0 Å². The summed E-state index contributed by atoms with van der Waals surface area (Å²) in [4.78, 5) is 8.00. The fourth-order valence-electron chi connectivity index (χ4n) is 14.6. The average molecular weight is 2170 g/mol. The van der Waals surface area contributed by atoms with Crippen LogP contribution in [0.4, 0.5) is 0 Å². The molecule has 0 aromatic carbocycles. The van der Waals surface area contributed by atoms with Crippen molar-refractivity contribution in [2.75, 3.05) is 39.6 Å². The first kappa shape index (κ1) is 157. The number of nitrogens with zero attached hydrogens (tertiary/aromatic N) is 12. The van der Waals surface area contributed by atoms with Crippen LogP contribution in [0.25, 0.3) is 66.8 Å². The van der Waals surface area contributed by atoms with E-state index >= 15 is 0 Å². The van der Waals surface area contributed by atoms with Crippen molar-refractivity contribution < 1.29 is 143 Å². The van der Waals surface area contributed by atoms with E-state index in [1.54, 1.807) is 0 Å². The zero-order valence-electron chi connectivity index (χ0n) is 79.5. The van der Waals surface area contributed by atoms with E-state index in [0.29, 0.717) is 13.5 Å². The minimum Gasteiger partial charge on any atom is -1.00 e. The molecule has 0 bridgehead atoms. The molecule has 0 fully saturated rings. The van der Waals surface area contributed by atoms with E-state index in [1.165, 1.54) is 202 Å². The molecule has 18 nitrogen and oxygen atoms in total. The van der Waals surface area contributed by atoms with Gasteiger partial charge in [0.25, 0.3) is 13.5 Å². The van der Waals surface area contributed by atoms with Crippen molar-refractivity contribution in [3.8, 4) is 66.8 Å². The molecule has 12 heterocycles. The van der Waals surface area contributed by atoms with E-state index in [2.05, 4.69) is 369 Å². The number of aryl methyl sites for hydroxylation is 9. The number of halogens is 4. The lowest BCUT2D eigenvalue weighted by Crippen LogP contribution is -3.00. The molecule has 810 valence electrons. The van der Waals surface area contributed by atoms with Gasteiger partial charge in [0.1, 0.15) is 47.6 Å². The normalized spacial score (nSPS) is 9.47. The fraction of sp³-hybridized carbons (Fsp3) is 0.484. The fourth-order valence-corrected chi connectivity index (χ4v) is 14.6. The number of aliphatic hydroxyl groups is 2. The second-order valence-electron chi connectivity index (χ2n) is 32.6. The van der Waals surface area contributed by atoms with Crippen molar-refractivity contribution >= 4 is 6.79 Å². The van der Waals surface area contributed by atoms with Crippen LogP contribution in [0, 0.1) is 0 Å². The molecule has 0 saturated heterocycles. The number of hydrogen-bond donors (Lipinski definition) is 2. The van der Waals surface area contributed by atoms with E-state index < -0.39 is 0 Å². The molecule has 0 unspecified atom stereocenters. The Hall–Kier alpha value is -9.45. The van der Waals surface area contributed by atoms with E-state index in [0.717, 1.165) is 97.9 Å². The van der Waals surface area contributed by atoms with Crippen molar-refractivity contribution in [3.63, 3.8) is 0 Å². The van der Waals surface area contributed by atoms with Crippen LogP contribution in [0.15, 0.2) is 307 Å². The van der Waals surface area contributed by atoms with E-state index in [4.69, 9.17) is 29.2 Å². The van der Waals surface area contributed by atoms with Gasteiger partial charge in [0, 0.05) is 191 Å². The Labute approximate surface area is 915 Å². The van der Waals surface area contributed by atoms with Gasteiger partial charge >= 0.3 is 0 Å². The van der Waals surface area contributed by atoms with Crippen LogP contribution in [-0.2, 0) is 99.4 Å². The molecule has 12 aromatic heterocycles. The SMILES string of the molecule is C.C.C.C.C.C.C.C.C.C.C.C.C.C=C.C=O.CCCCCCCCCCCCOCC[n+]1ccc(-c2cc[n+](COCCCCCCCCCCCC)cc2)cc1.CCC[n+]1ccc(-c2cc[n+](C)cc2)cc1.C[n+]1ccc(-c2cc[n+](CCCCOC[n+]3ccc(-c4cc[n+](C)cc4)cc3)cc2)cc1.OCCC[n+]1ccc(-c2cc[n+](CC[n+]3ccc(-c4cc[n+](CCCO)cc4)cc3)cc2)cc1.[Br-].[Br-].[Cl-].[Cl-]. The summed E-state index contributed by atoms with van der Waals surface area (Å²) in [6.07, 6.45) is 82.7. The molecule has 0 saturated carbocycles. The van der Waals surface area contributed by atoms with E-state index in [-0.39, 0.29) is 169 Å². The van der Waals surface area contributed by atoms with Crippen LogP contribution in [0.2, 0.25) is 0 Å². The van der Waals surface area contributed by atoms with Gasteiger partial charge in [0.05, 0.1) is 13.2 Å². The molecule has 22 heteroatoms. The summed E-state index contributed by atoms with van der Waals surface area (Å²) in [5.74, 6) is 0.